The van der Waals surface area contributed by atoms with Crippen LogP contribution in [0.3, 0.4) is 0 Å². The molecule has 0 spiro atoms. The van der Waals surface area contributed by atoms with Crippen molar-refractivity contribution >= 4 is 16.8 Å². The fourth-order valence-corrected chi connectivity index (χ4v) is 2.78. The lowest BCUT2D eigenvalue weighted by Gasteiger charge is -2.18. The molecule has 0 fully saturated rings. The lowest BCUT2D eigenvalue weighted by molar-refractivity contribution is 0.0775. The largest absolute Gasteiger partial charge is 0.336 e. The first kappa shape index (κ1) is 16.8. The van der Waals surface area contributed by atoms with Gasteiger partial charge in [0.25, 0.3) is 5.91 Å². The quantitative estimate of drug-likeness (QED) is 0.734. The first-order chi connectivity index (χ1) is 12.0. The molecule has 0 atom stereocenters. The summed E-state index contributed by atoms with van der Waals surface area (Å²) in [5.41, 5.74) is 0.822. The van der Waals surface area contributed by atoms with Crippen LogP contribution in [0.5, 0.6) is 0 Å². The van der Waals surface area contributed by atoms with Crippen molar-refractivity contribution in [2.45, 2.75) is 20.0 Å². The van der Waals surface area contributed by atoms with E-state index in [1.807, 2.05) is 13.0 Å². The molecule has 2 aromatic carbocycles. The summed E-state index contributed by atoms with van der Waals surface area (Å²) < 4.78 is 14.9. The SMILES string of the molecule is CCn1nc(C(=O)N(C)Cc2cccc(F)c2)c(=O)c2ccccc21. The van der Waals surface area contributed by atoms with Gasteiger partial charge >= 0.3 is 0 Å². The van der Waals surface area contributed by atoms with Gasteiger partial charge in [-0.05, 0) is 36.8 Å². The Balaban J connectivity index is 1.99. The number of hydrogen-bond donors (Lipinski definition) is 0. The summed E-state index contributed by atoms with van der Waals surface area (Å²) in [7, 11) is 1.57. The van der Waals surface area contributed by atoms with Crippen LogP contribution in [0.15, 0.2) is 53.3 Å². The van der Waals surface area contributed by atoms with Crippen LogP contribution in [-0.4, -0.2) is 27.6 Å². The molecule has 1 aromatic heterocycles. The third-order valence-electron chi connectivity index (χ3n) is 4.02. The van der Waals surface area contributed by atoms with E-state index in [0.29, 0.717) is 23.0 Å². The Morgan fingerprint density at radius 2 is 1.96 bits per heavy atom. The molecule has 1 amide bonds. The standard InChI is InChI=1S/C19H18FN3O2/c1-3-23-16-10-5-4-9-15(16)18(24)17(21-23)19(25)22(2)12-13-7-6-8-14(20)11-13/h4-11H,3,12H2,1-2H3. The molecule has 128 valence electrons. The van der Waals surface area contributed by atoms with Crippen molar-refractivity contribution in [2.75, 3.05) is 7.05 Å². The zero-order chi connectivity index (χ0) is 18.0. The maximum Gasteiger partial charge on any atom is 0.278 e. The zero-order valence-corrected chi connectivity index (χ0v) is 14.1. The first-order valence-corrected chi connectivity index (χ1v) is 8.01. The Hall–Kier alpha value is -3.02. The van der Waals surface area contributed by atoms with Crippen molar-refractivity contribution in [2.24, 2.45) is 0 Å². The number of para-hydroxylation sites is 1. The molecule has 1 heterocycles. The second-order valence-corrected chi connectivity index (χ2v) is 5.80. The number of fused-ring (bicyclic) bond motifs is 1. The number of halogens is 1. The Labute approximate surface area is 144 Å². The fraction of sp³-hybridized carbons (Fsp3) is 0.211. The van der Waals surface area contributed by atoms with Crippen LogP contribution in [0.4, 0.5) is 4.39 Å². The Morgan fingerprint density at radius 1 is 1.20 bits per heavy atom. The lowest BCUT2D eigenvalue weighted by Crippen LogP contribution is -2.33. The van der Waals surface area contributed by atoms with Gasteiger partial charge in [0.15, 0.2) is 5.69 Å². The van der Waals surface area contributed by atoms with E-state index in [9.17, 15) is 14.0 Å². The van der Waals surface area contributed by atoms with Crippen molar-refractivity contribution in [3.63, 3.8) is 0 Å². The first-order valence-electron chi connectivity index (χ1n) is 8.01. The molecule has 0 unspecified atom stereocenters. The van der Waals surface area contributed by atoms with Crippen LogP contribution in [-0.2, 0) is 13.1 Å². The third kappa shape index (κ3) is 3.28. The summed E-state index contributed by atoms with van der Waals surface area (Å²) in [5, 5.41) is 4.70. The Bertz CT molecular complexity index is 997. The third-order valence-corrected chi connectivity index (χ3v) is 4.02. The number of amides is 1. The molecule has 25 heavy (non-hydrogen) atoms. The molecule has 3 rings (SSSR count). The predicted octanol–water partition coefficient (Wildman–Crippen LogP) is 2.83. The topological polar surface area (TPSA) is 55.2 Å². The summed E-state index contributed by atoms with van der Waals surface area (Å²) in [5.74, 6) is -0.849. The van der Waals surface area contributed by atoms with Gasteiger partial charge in [-0.25, -0.2) is 4.39 Å². The number of carbonyl (C=O) groups excluding carboxylic acids is 1. The summed E-state index contributed by atoms with van der Waals surface area (Å²) >= 11 is 0. The number of hydrogen-bond acceptors (Lipinski definition) is 3. The molecule has 0 bridgehead atoms. The van der Waals surface area contributed by atoms with E-state index >= 15 is 0 Å². The molecule has 6 heteroatoms. The van der Waals surface area contributed by atoms with Gasteiger partial charge in [-0.1, -0.05) is 24.3 Å². The Morgan fingerprint density at radius 3 is 2.68 bits per heavy atom. The highest BCUT2D eigenvalue weighted by Crippen LogP contribution is 2.12. The van der Waals surface area contributed by atoms with E-state index in [2.05, 4.69) is 5.10 Å². The van der Waals surface area contributed by atoms with Crippen molar-refractivity contribution < 1.29 is 9.18 Å². The summed E-state index contributed by atoms with van der Waals surface area (Å²) in [4.78, 5) is 26.8. The van der Waals surface area contributed by atoms with Gasteiger partial charge < -0.3 is 4.90 Å². The molecule has 0 aliphatic carbocycles. The van der Waals surface area contributed by atoms with Crippen LogP contribution in [0, 0.1) is 5.82 Å². The van der Waals surface area contributed by atoms with E-state index in [1.165, 1.54) is 17.0 Å². The molecule has 0 aliphatic heterocycles. The molecular weight excluding hydrogens is 321 g/mol. The number of rotatable bonds is 4. The molecule has 0 N–H and O–H groups in total. The molecule has 3 aromatic rings. The van der Waals surface area contributed by atoms with Crippen molar-refractivity contribution in [1.29, 1.82) is 0 Å². The molecule has 0 saturated heterocycles. The maximum absolute atomic E-state index is 13.3. The second-order valence-electron chi connectivity index (χ2n) is 5.80. The average Bonchev–Trinajstić information content (AvgIpc) is 2.62. The van der Waals surface area contributed by atoms with Gasteiger partial charge in [0.2, 0.25) is 5.43 Å². The minimum atomic E-state index is -0.484. The van der Waals surface area contributed by atoms with Crippen LogP contribution in [0.25, 0.3) is 10.9 Å². The van der Waals surface area contributed by atoms with Gasteiger partial charge in [-0.3, -0.25) is 14.3 Å². The normalized spacial score (nSPS) is 10.8. The number of nitrogens with zero attached hydrogens (tertiary/aromatic N) is 3. The second kappa shape index (κ2) is 6.84. The molecule has 0 radical (unpaired) electrons. The minimum Gasteiger partial charge on any atom is -0.336 e. The maximum atomic E-state index is 13.3. The summed E-state index contributed by atoms with van der Waals surface area (Å²) in [6.07, 6.45) is 0. The fourth-order valence-electron chi connectivity index (χ4n) is 2.78. The highest BCUT2D eigenvalue weighted by atomic mass is 19.1. The van der Waals surface area contributed by atoms with Crippen LogP contribution in [0.2, 0.25) is 0 Å². The lowest BCUT2D eigenvalue weighted by atomic mass is 10.1. The monoisotopic (exact) mass is 339 g/mol. The van der Waals surface area contributed by atoms with Gasteiger partial charge in [-0.2, -0.15) is 5.10 Å². The number of carbonyl (C=O) groups is 1. The number of aryl methyl sites for hydroxylation is 1. The highest BCUT2D eigenvalue weighted by molar-refractivity contribution is 5.95. The van der Waals surface area contributed by atoms with Gasteiger partial charge in [0.1, 0.15) is 5.82 Å². The number of benzene rings is 2. The van der Waals surface area contributed by atoms with Crippen LogP contribution < -0.4 is 5.43 Å². The zero-order valence-electron chi connectivity index (χ0n) is 14.1. The predicted molar refractivity (Wildman–Crippen MR) is 93.9 cm³/mol. The highest BCUT2D eigenvalue weighted by Gasteiger charge is 2.20. The van der Waals surface area contributed by atoms with Crippen LogP contribution in [0.1, 0.15) is 23.0 Å². The van der Waals surface area contributed by atoms with E-state index in [1.54, 1.807) is 42.1 Å². The van der Waals surface area contributed by atoms with E-state index < -0.39 is 11.3 Å². The summed E-state index contributed by atoms with van der Waals surface area (Å²) in [6, 6.07) is 13.1. The Kier molecular flexibility index (Phi) is 4.61. The molecular formula is C19H18FN3O2. The number of aromatic nitrogens is 2. The van der Waals surface area contributed by atoms with Gasteiger partial charge in [-0.15, -0.1) is 0 Å². The van der Waals surface area contributed by atoms with Crippen molar-refractivity contribution in [3.05, 3.63) is 75.8 Å². The molecule has 5 nitrogen and oxygen atoms in total. The molecule has 0 aliphatic rings. The van der Waals surface area contributed by atoms with E-state index in [-0.39, 0.29) is 18.1 Å². The van der Waals surface area contributed by atoms with Gasteiger partial charge in [0, 0.05) is 25.5 Å². The smallest absolute Gasteiger partial charge is 0.278 e. The van der Waals surface area contributed by atoms with Crippen molar-refractivity contribution in [3.8, 4) is 0 Å². The summed E-state index contributed by atoms with van der Waals surface area (Å²) in [6.45, 7) is 2.62. The molecule has 0 saturated carbocycles. The van der Waals surface area contributed by atoms with Crippen LogP contribution >= 0.6 is 0 Å². The van der Waals surface area contributed by atoms with E-state index in [0.717, 1.165) is 0 Å². The van der Waals surface area contributed by atoms with Gasteiger partial charge in [0.05, 0.1) is 5.52 Å². The van der Waals surface area contributed by atoms with Crippen molar-refractivity contribution in [1.82, 2.24) is 14.7 Å². The van der Waals surface area contributed by atoms with E-state index in [4.69, 9.17) is 0 Å². The average molecular weight is 339 g/mol. The minimum absolute atomic E-state index is 0.126.